The fourth-order valence-electron chi connectivity index (χ4n) is 4.23. The van der Waals surface area contributed by atoms with Crippen LogP contribution in [0.1, 0.15) is 33.3 Å². The number of likely N-dealkylation sites (N-methyl/N-ethyl adjacent to an activating group) is 1. The van der Waals surface area contributed by atoms with E-state index in [0.717, 1.165) is 27.5 Å². The van der Waals surface area contributed by atoms with Crippen LogP contribution < -0.4 is 4.90 Å². The van der Waals surface area contributed by atoms with Gasteiger partial charge in [-0.15, -0.1) is 0 Å². The number of amides is 3. The van der Waals surface area contributed by atoms with Crippen LogP contribution in [0.25, 0.3) is 0 Å². The number of anilines is 1. The zero-order valence-corrected chi connectivity index (χ0v) is 18.6. The van der Waals surface area contributed by atoms with Crippen LogP contribution in [-0.2, 0) is 9.59 Å². The number of hydrogen-bond acceptors (Lipinski definition) is 6. The summed E-state index contributed by atoms with van der Waals surface area (Å²) in [6, 6.07) is 3.55. The van der Waals surface area contributed by atoms with Crippen LogP contribution in [0.2, 0.25) is 5.02 Å². The highest BCUT2D eigenvalue weighted by molar-refractivity contribution is 6.31. The van der Waals surface area contributed by atoms with E-state index in [1.165, 1.54) is 11.8 Å². The Hall–Kier alpha value is -2.87. The molecule has 0 N–H and O–H groups in total. The smallest absolute Gasteiger partial charge is 0.302 e. The molecule has 0 bridgehead atoms. The molecule has 0 spiro atoms. The monoisotopic (exact) mass is 429 g/mol. The van der Waals surface area contributed by atoms with Gasteiger partial charge in [-0.05, 0) is 52.3 Å². The largest absolute Gasteiger partial charge is 0.328 e. The molecule has 1 fully saturated rings. The van der Waals surface area contributed by atoms with E-state index in [0.29, 0.717) is 11.0 Å². The fourth-order valence-corrected chi connectivity index (χ4v) is 4.39. The van der Waals surface area contributed by atoms with Crippen molar-refractivity contribution in [2.45, 2.75) is 52.9 Å². The van der Waals surface area contributed by atoms with Gasteiger partial charge in [0.2, 0.25) is 5.96 Å². The quantitative estimate of drug-likeness (QED) is 0.738. The van der Waals surface area contributed by atoms with E-state index < -0.39 is 30.2 Å². The van der Waals surface area contributed by atoms with E-state index in [9.17, 15) is 14.4 Å². The standard InChI is InChI=1S/C21H24ClN5O3/c1-10-7-8-15(22)9-16(10)25-11(2)12(3)26-17-18(23-20(25)26)24(6)21(30)27(19(17)29)13(4)14(5)28/h7-9,13,17-18H,1-6H3. The molecule has 0 saturated carbocycles. The zero-order chi connectivity index (χ0) is 22.1. The third kappa shape index (κ3) is 2.66. The molecule has 4 rings (SSSR count). The molecule has 0 radical (unpaired) electrons. The molecule has 3 heterocycles. The van der Waals surface area contributed by atoms with Crippen molar-refractivity contribution in [3.05, 3.63) is 40.2 Å². The van der Waals surface area contributed by atoms with Gasteiger partial charge in [0.05, 0.1) is 11.7 Å². The third-order valence-corrected chi connectivity index (χ3v) is 6.46. The molecule has 1 aromatic carbocycles. The lowest BCUT2D eigenvalue weighted by atomic mass is 10.1. The van der Waals surface area contributed by atoms with Gasteiger partial charge in [0.15, 0.2) is 18.0 Å². The van der Waals surface area contributed by atoms with Crippen LogP contribution in [0.3, 0.4) is 0 Å². The molecule has 0 aromatic heterocycles. The van der Waals surface area contributed by atoms with Crippen molar-refractivity contribution in [1.82, 2.24) is 14.7 Å². The minimum absolute atomic E-state index is 0.247. The highest BCUT2D eigenvalue weighted by Crippen LogP contribution is 2.41. The van der Waals surface area contributed by atoms with Crippen LogP contribution >= 0.6 is 11.6 Å². The second-order valence-electron chi connectivity index (χ2n) is 7.98. The van der Waals surface area contributed by atoms with E-state index in [-0.39, 0.29) is 5.78 Å². The van der Waals surface area contributed by atoms with Crippen molar-refractivity contribution in [2.24, 2.45) is 4.99 Å². The van der Waals surface area contributed by atoms with Crippen molar-refractivity contribution in [2.75, 3.05) is 11.9 Å². The zero-order valence-electron chi connectivity index (χ0n) is 17.8. The van der Waals surface area contributed by atoms with E-state index in [1.807, 2.05) is 48.8 Å². The number of hydrogen-bond donors (Lipinski definition) is 0. The Bertz CT molecular complexity index is 1050. The normalized spacial score (nSPS) is 24.4. The molecule has 30 heavy (non-hydrogen) atoms. The number of imide groups is 1. The van der Waals surface area contributed by atoms with Gasteiger partial charge in [-0.3, -0.25) is 24.3 Å². The maximum absolute atomic E-state index is 13.4. The molecule has 3 amide bonds. The van der Waals surface area contributed by atoms with Crippen LogP contribution in [0.4, 0.5) is 10.5 Å². The van der Waals surface area contributed by atoms with Crippen molar-refractivity contribution in [3.63, 3.8) is 0 Å². The van der Waals surface area contributed by atoms with Gasteiger partial charge in [-0.25, -0.2) is 9.79 Å². The van der Waals surface area contributed by atoms with Crippen molar-refractivity contribution in [1.29, 1.82) is 0 Å². The third-order valence-electron chi connectivity index (χ3n) is 6.23. The molecule has 3 atom stereocenters. The average Bonchev–Trinajstić information content (AvgIpc) is 3.18. The Morgan fingerprint density at radius 2 is 1.83 bits per heavy atom. The molecular weight excluding hydrogens is 406 g/mol. The first kappa shape index (κ1) is 20.4. The summed E-state index contributed by atoms with van der Waals surface area (Å²) >= 11 is 6.25. The summed E-state index contributed by atoms with van der Waals surface area (Å²) in [6.45, 7) is 8.82. The molecule has 158 valence electrons. The van der Waals surface area contributed by atoms with Crippen LogP contribution in [-0.4, -0.2) is 63.7 Å². The van der Waals surface area contributed by atoms with Gasteiger partial charge in [0.1, 0.15) is 0 Å². The van der Waals surface area contributed by atoms with Crippen LogP contribution in [0.15, 0.2) is 34.6 Å². The molecule has 9 heteroatoms. The summed E-state index contributed by atoms with van der Waals surface area (Å²) in [5.41, 5.74) is 3.67. The first-order chi connectivity index (χ1) is 14.1. The predicted molar refractivity (Wildman–Crippen MR) is 114 cm³/mol. The number of carbonyl (C=O) groups excluding carboxylic acids is 3. The SMILES string of the molecule is CC(=O)C(C)N1C(=O)C2C(N=C3N(c4cc(Cl)ccc4C)C(C)=C(C)N32)N(C)C1=O. The molecule has 1 aromatic rings. The van der Waals surface area contributed by atoms with Crippen molar-refractivity contribution in [3.8, 4) is 0 Å². The molecule has 3 unspecified atom stereocenters. The predicted octanol–water partition coefficient (Wildman–Crippen LogP) is 2.96. The number of urea groups is 1. The summed E-state index contributed by atoms with van der Waals surface area (Å²) in [6.07, 6.45) is -0.666. The number of Topliss-reactive ketones (excluding diaryl/α,β-unsaturated/α-hetero) is 1. The lowest BCUT2D eigenvalue weighted by Gasteiger charge is -2.42. The van der Waals surface area contributed by atoms with Crippen molar-refractivity contribution >= 4 is 41.0 Å². The minimum atomic E-state index is -0.836. The fraction of sp³-hybridized carbons (Fsp3) is 0.429. The first-order valence-corrected chi connectivity index (χ1v) is 10.1. The van der Waals surface area contributed by atoms with E-state index in [4.69, 9.17) is 16.6 Å². The van der Waals surface area contributed by atoms with Crippen LogP contribution in [0.5, 0.6) is 0 Å². The van der Waals surface area contributed by atoms with Gasteiger partial charge in [0.25, 0.3) is 5.91 Å². The highest BCUT2D eigenvalue weighted by Gasteiger charge is 2.57. The van der Waals surface area contributed by atoms with Gasteiger partial charge in [0, 0.05) is 23.5 Å². The van der Waals surface area contributed by atoms with Gasteiger partial charge < -0.3 is 4.90 Å². The Labute approximate surface area is 180 Å². The number of nitrogens with zero attached hydrogens (tertiary/aromatic N) is 5. The number of allylic oxidation sites excluding steroid dienone is 2. The number of halogens is 1. The van der Waals surface area contributed by atoms with Gasteiger partial charge in [-0.1, -0.05) is 17.7 Å². The maximum Gasteiger partial charge on any atom is 0.328 e. The number of benzene rings is 1. The molecular formula is C21H24ClN5O3. The summed E-state index contributed by atoms with van der Waals surface area (Å²) in [4.78, 5) is 49.4. The van der Waals surface area contributed by atoms with Gasteiger partial charge >= 0.3 is 6.03 Å². The molecule has 3 aliphatic rings. The number of fused-ring (bicyclic) bond motifs is 3. The topological polar surface area (TPSA) is 76.5 Å². The molecule has 0 aliphatic carbocycles. The maximum atomic E-state index is 13.4. The van der Waals surface area contributed by atoms with E-state index in [1.54, 1.807) is 14.0 Å². The summed E-state index contributed by atoms with van der Waals surface area (Å²) in [5, 5.41) is 0.598. The number of aryl methyl sites for hydroxylation is 1. The summed E-state index contributed by atoms with van der Waals surface area (Å²) < 4.78 is 0. The Kier molecular flexibility index (Phi) is 4.65. The molecule has 1 saturated heterocycles. The molecule has 3 aliphatic heterocycles. The number of carbonyl (C=O) groups is 3. The van der Waals surface area contributed by atoms with Crippen molar-refractivity contribution < 1.29 is 14.4 Å². The number of rotatable bonds is 3. The number of aliphatic imine (C=N–C) groups is 1. The van der Waals surface area contributed by atoms with Crippen LogP contribution in [0, 0.1) is 6.92 Å². The first-order valence-electron chi connectivity index (χ1n) is 9.77. The Balaban J connectivity index is 1.81. The second-order valence-corrected chi connectivity index (χ2v) is 8.42. The summed E-state index contributed by atoms with van der Waals surface area (Å²) in [5.74, 6) is -0.0826. The lowest BCUT2D eigenvalue weighted by molar-refractivity contribution is -0.142. The van der Waals surface area contributed by atoms with Gasteiger partial charge in [-0.2, -0.15) is 0 Å². The minimum Gasteiger partial charge on any atom is -0.302 e. The summed E-state index contributed by atoms with van der Waals surface area (Å²) in [7, 11) is 1.61. The molecule has 8 nitrogen and oxygen atoms in total. The second kappa shape index (κ2) is 6.84. The highest BCUT2D eigenvalue weighted by atomic mass is 35.5. The van der Waals surface area contributed by atoms with E-state index in [2.05, 4.69) is 0 Å². The van der Waals surface area contributed by atoms with E-state index >= 15 is 0 Å². The Morgan fingerprint density at radius 1 is 1.17 bits per heavy atom. The lowest BCUT2D eigenvalue weighted by Crippen LogP contribution is -2.67. The number of guanidine groups is 1. The Morgan fingerprint density at radius 3 is 2.47 bits per heavy atom. The number of ketones is 1. The average molecular weight is 430 g/mol.